The second-order valence-electron chi connectivity index (χ2n) is 2.52. The lowest BCUT2D eigenvalue weighted by molar-refractivity contribution is -0.0706. The second-order valence-corrected chi connectivity index (χ2v) is 2.52. The number of hydrogen-bond donors (Lipinski definition) is 2. The Hall–Kier alpha value is -0.160. The van der Waals surface area contributed by atoms with E-state index in [1.807, 2.05) is 27.8 Å². The van der Waals surface area contributed by atoms with E-state index in [4.69, 9.17) is 9.84 Å². The van der Waals surface area contributed by atoms with Gasteiger partial charge < -0.3 is 19.9 Å². The normalized spacial score (nSPS) is 24.4. The molecule has 0 bridgehead atoms. The molecule has 0 spiro atoms. The van der Waals surface area contributed by atoms with Crippen LogP contribution < -0.4 is 5.32 Å². The molecule has 0 aliphatic carbocycles. The highest BCUT2D eigenvalue weighted by atomic mass is 16.6. The van der Waals surface area contributed by atoms with Crippen molar-refractivity contribution in [2.24, 2.45) is 0 Å². The number of rotatable bonds is 2. The van der Waals surface area contributed by atoms with Crippen LogP contribution in [0.15, 0.2) is 0 Å². The molecule has 1 fully saturated rings. The molecule has 2 N–H and O–H groups in total. The Bertz CT molecular complexity index is 99.4. The Morgan fingerprint density at radius 2 is 2.00 bits per heavy atom. The molecule has 4 nitrogen and oxygen atoms in total. The maximum atomic E-state index is 8.90. The van der Waals surface area contributed by atoms with E-state index in [9.17, 15) is 0 Å². The van der Waals surface area contributed by atoms with E-state index in [0.717, 1.165) is 13.0 Å². The van der Waals surface area contributed by atoms with Gasteiger partial charge >= 0.3 is 0 Å². The lowest BCUT2D eigenvalue weighted by Crippen LogP contribution is -2.33. The highest BCUT2D eigenvalue weighted by Crippen LogP contribution is 2.08. The smallest absolute Gasteiger partial charge is 0.169 e. The fourth-order valence-electron chi connectivity index (χ4n) is 0.861. The molecule has 1 saturated heterocycles. The van der Waals surface area contributed by atoms with Crippen molar-refractivity contribution in [2.75, 3.05) is 27.4 Å². The third-order valence-corrected chi connectivity index (χ3v) is 1.72. The van der Waals surface area contributed by atoms with Gasteiger partial charge in [-0.25, -0.2) is 0 Å². The predicted molar refractivity (Wildman–Crippen MR) is 58.3 cm³/mol. The SMILES string of the molecule is CC.CCOC.CNC1CCOC1O. The van der Waals surface area contributed by atoms with Crippen molar-refractivity contribution in [2.45, 2.75) is 39.5 Å². The van der Waals surface area contributed by atoms with E-state index < -0.39 is 6.29 Å². The Morgan fingerprint density at radius 1 is 1.50 bits per heavy atom. The molecule has 2 atom stereocenters. The Kier molecular flexibility index (Phi) is 14.9. The third-order valence-electron chi connectivity index (χ3n) is 1.72. The molecule has 1 heterocycles. The molecule has 1 rings (SSSR count). The standard InChI is InChI=1S/C5H11NO2.C3H8O.C2H6/c1-6-4-2-3-8-5(4)7;1-3-4-2;1-2/h4-7H,2-3H2,1H3;3H2,1-2H3;1-2H3. The molecule has 14 heavy (non-hydrogen) atoms. The number of aliphatic hydroxyl groups excluding tert-OH is 1. The van der Waals surface area contributed by atoms with Crippen LogP contribution in [0.1, 0.15) is 27.2 Å². The van der Waals surface area contributed by atoms with Gasteiger partial charge in [0.25, 0.3) is 0 Å². The zero-order valence-electron chi connectivity index (χ0n) is 10.0. The molecule has 4 heteroatoms. The zero-order valence-corrected chi connectivity index (χ0v) is 10.0. The summed E-state index contributed by atoms with van der Waals surface area (Å²) in [5.74, 6) is 0. The maximum Gasteiger partial charge on any atom is 0.169 e. The summed E-state index contributed by atoms with van der Waals surface area (Å²) < 4.78 is 9.39. The average molecular weight is 207 g/mol. The van der Waals surface area contributed by atoms with Crippen LogP contribution in [0.2, 0.25) is 0 Å². The molecule has 0 amide bonds. The van der Waals surface area contributed by atoms with Gasteiger partial charge in [-0.3, -0.25) is 0 Å². The number of methoxy groups -OCH3 is 1. The minimum atomic E-state index is -0.583. The fraction of sp³-hybridized carbons (Fsp3) is 1.00. The van der Waals surface area contributed by atoms with Crippen molar-refractivity contribution in [3.05, 3.63) is 0 Å². The second kappa shape index (κ2) is 12.8. The third kappa shape index (κ3) is 8.44. The van der Waals surface area contributed by atoms with Crippen LogP contribution in [0.25, 0.3) is 0 Å². The largest absolute Gasteiger partial charge is 0.385 e. The van der Waals surface area contributed by atoms with Gasteiger partial charge in [0, 0.05) is 13.7 Å². The lowest BCUT2D eigenvalue weighted by Gasteiger charge is -2.09. The molecule has 0 aromatic heterocycles. The number of ether oxygens (including phenoxy) is 2. The lowest BCUT2D eigenvalue weighted by atomic mass is 10.2. The number of hydrogen-bond acceptors (Lipinski definition) is 4. The number of aliphatic hydroxyl groups is 1. The van der Waals surface area contributed by atoms with Gasteiger partial charge in [0.2, 0.25) is 0 Å². The zero-order chi connectivity index (χ0) is 11.4. The van der Waals surface area contributed by atoms with Crippen LogP contribution >= 0.6 is 0 Å². The summed E-state index contributed by atoms with van der Waals surface area (Å²) in [6.45, 7) is 7.45. The summed E-state index contributed by atoms with van der Waals surface area (Å²) in [5.41, 5.74) is 0. The quantitative estimate of drug-likeness (QED) is 0.709. The van der Waals surface area contributed by atoms with E-state index in [2.05, 4.69) is 10.1 Å². The van der Waals surface area contributed by atoms with E-state index in [1.54, 1.807) is 7.11 Å². The molecule has 1 aliphatic heterocycles. The molecule has 0 saturated carbocycles. The van der Waals surface area contributed by atoms with Gasteiger partial charge in [-0.2, -0.15) is 0 Å². The maximum absolute atomic E-state index is 8.90. The van der Waals surface area contributed by atoms with Crippen molar-refractivity contribution in [1.82, 2.24) is 5.32 Å². The van der Waals surface area contributed by atoms with E-state index in [1.165, 1.54) is 0 Å². The van der Waals surface area contributed by atoms with Crippen molar-refractivity contribution in [3.63, 3.8) is 0 Å². The van der Waals surface area contributed by atoms with E-state index in [0.29, 0.717) is 6.61 Å². The monoisotopic (exact) mass is 207 g/mol. The highest BCUT2D eigenvalue weighted by molar-refractivity contribution is 4.72. The van der Waals surface area contributed by atoms with Crippen molar-refractivity contribution in [3.8, 4) is 0 Å². The minimum absolute atomic E-state index is 0.148. The number of likely N-dealkylation sites (N-methyl/N-ethyl adjacent to an activating group) is 1. The van der Waals surface area contributed by atoms with Crippen LogP contribution in [-0.4, -0.2) is 44.8 Å². The van der Waals surface area contributed by atoms with E-state index in [-0.39, 0.29) is 6.04 Å². The van der Waals surface area contributed by atoms with Gasteiger partial charge in [-0.05, 0) is 20.4 Å². The van der Waals surface area contributed by atoms with Crippen molar-refractivity contribution >= 4 is 0 Å². The Balaban J connectivity index is 0. The molecule has 2 unspecified atom stereocenters. The summed E-state index contributed by atoms with van der Waals surface area (Å²) >= 11 is 0. The van der Waals surface area contributed by atoms with Gasteiger partial charge in [0.1, 0.15) is 0 Å². The topological polar surface area (TPSA) is 50.7 Å². The molecular weight excluding hydrogens is 182 g/mol. The molecule has 0 aromatic rings. The summed E-state index contributed by atoms with van der Waals surface area (Å²) in [6, 6.07) is 0.148. The van der Waals surface area contributed by atoms with Crippen LogP contribution in [0.4, 0.5) is 0 Å². The van der Waals surface area contributed by atoms with E-state index >= 15 is 0 Å². The molecule has 1 aliphatic rings. The average Bonchev–Trinajstić information content (AvgIpc) is 2.67. The van der Waals surface area contributed by atoms with Gasteiger partial charge in [-0.1, -0.05) is 13.8 Å². The van der Waals surface area contributed by atoms with Crippen molar-refractivity contribution < 1.29 is 14.6 Å². The number of nitrogens with one attached hydrogen (secondary N) is 1. The fourth-order valence-corrected chi connectivity index (χ4v) is 0.861. The van der Waals surface area contributed by atoms with Crippen LogP contribution in [0.5, 0.6) is 0 Å². The first-order valence-corrected chi connectivity index (χ1v) is 5.22. The molecule has 88 valence electrons. The van der Waals surface area contributed by atoms with Gasteiger partial charge in [-0.15, -0.1) is 0 Å². The first-order chi connectivity index (χ1) is 6.76. The van der Waals surface area contributed by atoms with Crippen LogP contribution in [0.3, 0.4) is 0 Å². The van der Waals surface area contributed by atoms with Gasteiger partial charge in [0.15, 0.2) is 6.29 Å². The first kappa shape index (κ1) is 16.3. The molecular formula is C10H25NO3. The summed E-state index contributed by atoms with van der Waals surface area (Å²) in [7, 11) is 3.50. The summed E-state index contributed by atoms with van der Waals surface area (Å²) in [4.78, 5) is 0. The van der Waals surface area contributed by atoms with Crippen LogP contribution in [0, 0.1) is 0 Å². The van der Waals surface area contributed by atoms with Crippen LogP contribution in [-0.2, 0) is 9.47 Å². The summed E-state index contributed by atoms with van der Waals surface area (Å²) in [6.07, 6.45) is 0.331. The Morgan fingerprint density at radius 3 is 2.14 bits per heavy atom. The molecule has 0 radical (unpaired) electrons. The van der Waals surface area contributed by atoms with Crippen molar-refractivity contribution in [1.29, 1.82) is 0 Å². The summed E-state index contributed by atoms with van der Waals surface area (Å²) in [5, 5.41) is 11.8. The Labute approximate surface area is 87.6 Å². The molecule has 0 aromatic carbocycles. The first-order valence-electron chi connectivity index (χ1n) is 5.22. The van der Waals surface area contributed by atoms with Gasteiger partial charge in [0.05, 0.1) is 12.6 Å². The minimum Gasteiger partial charge on any atom is -0.385 e. The predicted octanol–water partition coefficient (Wildman–Crippen LogP) is 0.992. The highest BCUT2D eigenvalue weighted by Gasteiger charge is 2.23.